The van der Waals surface area contributed by atoms with Gasteiger partial charge in [0.15, 0.2) is 0 Å². The molecule has 0 fully saturated rings. The van der Waals surface area contributed by atoms with Crippen LogP contribution >= 0.6 is 0 Å². The minimum absolute atomic E-state index is 0.118. The van der Waals surface area contributed by atoms with E-state index in [0.29, 0.717) is 17.0 Å². The molecule has 6 nitrogen and oxygen atoms in total. The zero-order chi connectivity index (χ0) is 20.4. The Morgan fingerprint density at radius 2 is 1.56 bits per heavy atom. The largest absolute Gasteiger partial charge is 0.482 e. The van der Waals surface area contributed by atoms with Gasteiger partial charge >= 0.3 is 18.2 Å². The lowest BCUT2D eigenvalue weighted by Crippen LogP contribution is -2.32. The number of anilines is 1. The van der Waals surface area contributed by atoms with Gasteiger partial charge in [-0.3, -0.25) is 5.32 Å². The van der Waals surface area contributed by atoms with Crippen molar-refractivity contribution >= 4 is 17.6 Å². The van der Waals surface area contributed by atoms with E-state index in [9.17, 15) is 22.8 Å². The molecule has 0 saturated heterocycles. The maximum atomic E-state index is 12.7. The van der Waals surface area contributed by atoms with Crippen LogP contribution in [0.1, 0.15) is 25.3 Å². The number of alkyl halides is 3. The van der Waals surface area contributed by atoms with Crippen molar-refractivity contribution in [1.29, 1.82) is 0 Å². The highest BCUT2D eigenvalue weighted by Gasteiger charge is 2.38. The molecule has 1 aromatic rings. The summed E-state index contributed by atoms with van der Waals surface area (Å²) >= 11 is 0. The lowest BCUT2D eigenvalue weighted by Gasteiger charge is -2.30. The van der Waals surface area contributed by atoms with Crippen LogP contribution in [-0.4, -0.2) is 32.5 Å². The lowest BCUT2D eigenvalue weighted by molar-refractivity contribution is -0.137. The molecule has 0 aromatic heterocycles. The van der Waals surface area contributed by atoms with E-state index >= 15 is 0 Å². The first-order valence-electron chi connectivity index (χ1n) is 7.89. The molecule has 1 heterocycles. The second-order valence-electron chi connectivity index (χ2n) is 5.87. The topological polar surface area (TPSA) is 76.7 Å². The third-order valence-electron chi connectivity index (χ3n) is 4.08. The molecule has 9 heteroatoms. The van der Waals surface area contributed by atoms with Gasteiger partial charge in [-0.05, 0) is 31.5 Å². The number of halogens is 3. The van der Waals surface area contributed by atoms with Gasteiger partial charge in [-0.25, -0.2) is 9.59 Å². The van der Waals surface area contributed by atoms with E-state index in [1.54, 1.807) is 13.8 Å². The molecule has 0 unspecified atom stereocenters. The maximum absolute atomic E-state index is 12.7. The predicted molar refractivity (Wildman–Crippen MR) is 91.4 cm³/mol. The number of hydrogen-bond acceptors (Lipinski definition) is 6. The van der Waals surface area contributed by atoms with Crippen molar-refractivity contribution in [2.24, 2.45) is 0 Å². The Kier molecular flexibility index (Phi) is 5.82. The van der Waals surface area contributed by atoms with E-state index in [-0.39, 0.29) is 16.8 Å². The standard InChI is InChI=1S/C18H19F3N2O4/c1-9-13(16(24)26-3)15(14(10(2)22-9)17(25)27-4)11-6-5-7-12(8-11)23-18(19,20)21/h5-8,15,22-23H,1-4H3. The van der Waals surface area contributed by atoms with E-state index in [2.05, 4.69) is 5.32 Å². The number of benzene rings is 1. The molecule has 146 valence electrons. The molecule has 0 bridgehead atoms. The van der Waals surface area contributed by atoms with Crippen molar-refractivity contribution < 1.29 is 32.2 Å². The van der Waals surface area contributed by atoms with Crippen LogP contribution in [0.4, 0.5) is 18.9 Å². The zero-order valence-electron chi connectivity index (χ0n) is 15.2. The van der Waals surface area contributed by atoms with Crippen LogP contribution in [0.15, 0.2) is 46.8 Å². The average Bonchev–Trinajstić information content (AvgIpc) is 2.58. The summed E-state index contributed by atoms with van der Waals surface area (Å²) in [5, 5.41) is 4.34. The summed E-state index contributed by atoms with van der Waals surface area (Å²) in [6, 6.07) is 5.40. The van der Waals surface area contributed by atoms with Crippen molar-refractivity contribution in [1.82, 2.24) is 5.32 Å². The Labute approximate surface area is 154 Å². The summed E-state index contributed by atoms with van der Waals surface area (Å²) in [6.45, 7) is 3.24. The number of hydrogen-bond donors (Lipinski definition) is 2. The van der Waals surface area contributed by atoms with Crippen LogP contribution in [0.25, 0.3) is 0 Å². The smallest absolute Gasteiger partial charge is 0.466 e. The van der Waals surface area contributed by atoms with Gasteiger partial charge in [-0.2, -0.15) is 13.2 Å². The third kappa shape index (κ3) is 4.42. The highest BCUT2D eigenvalue weighted by molar-refractivity contribution is 5.99. The second kappa shape index (κ2) is 7.73. The molecule has 0 aliphatic carbocycles. The molecule has 0 radical (unpaired) electrons. The minimum atomic E-state index is -4.62. The number of carbonyl (C=O) groups excluding carboxylic acids is 2. The van der Waals surface area contributed by atoms with Gasteiger partial charge in [0.1, 0.15) is 0 Å². The Balaban J connectivity index is 2.65. The van der Waals surface area contributed by atoms with Crippen molar-refractivity contribution in [3.63, 3.8) is 0 Å². The first kappa shape index (κ1) is 20.3. The zero-order valence-corrected chi connectivity index (χ0v) is 15.2. The van der Waals surface area contributed by atoms with Crippen LogP contribution in [0.2, 0.25) is 0 Å². The average molecular weight is 384 g/mol. The van der Waals surface area contributed by atoms with Crippen LogP contribution in [-0.2, 0) is 19.1 Å². The Hall–Kier alpha value is -2.97. The molecule has 1 aliphatic rings. The number of methoxy groups -OCH3 is 2. The highest BCUT2D eigenvalue weighted by Crippen LogP contribution is 2.40. The number of rotatable bonds is 4. The Morgan fingerprint density at radius 3 is 2.00 bits per heavy atom. The van der Waals surface area contributed by atoms with Crippen LogP contribution < -0.4 is 10.6 Å². The molecule has 0 amide bonds. The van der Waals surface area contributed by atoms with E-state index in [1.165, 1.54) is 43.8 Å². The van der Waals surface area contributed by atoms with Gasteiger partial charge in [0.25, 0.3) is 0 Å². The summed E-state index contributed by atoms with van der Waals surface area (Å²) in [6.07, 6.45) is -4.62. The molecular weight excluding hydrogens is 365 g/mol. The van der Waals surface area contributed by atoms with Gasteiger partial charge in [0, 0.05) is 17.1 Å². The van der Waals surface area contributed by atoms with Crippen LogP contribution in [0.3, 0.4) is 0 Å². The van der Waals surface area contributed by atoms with Crippen molar-refractivity contribution in [3.05, 3.63) is 52.4 Å². The van der Waals surface area contributed by atoms with Crippen LogP contribution in [0, 0.1) is 0 Å². The predicted octanol–water partition coefficient (Wildman–Crippen LogP) is 3.20. The number of ether oxygens (including phenoxy) is 2. The number of nitrogens with one attached hydrogen (secondary N) is 2. The summed E-state index contributed by atoms with van der Waals surface area (Å²) in [5.41, 5.74) is 1.20. The summed E-state index contributed by atoms with van der Waals surface area (Å²) in [5.74, 6) is -2.35. The molecule has 1 aliphatic heterocycles. The van der Waals surface area contributed by atoms with E-state index in [1.807, 2.05) is 0 Å². The van der Waals surface area contributed by atoms with Gasteiger partial charge in [0.05, 0.1) is 31.3 Å². The molecular formula is C18H19F3N2O4. The van der Waals surface area contributed by atoms with E-state index in [0.717, 1.165) is 0 Å². The highest BCUT2D eigenvalue weighted by atomic mass is 19.4. The molecule has 0 atom stereocenters. The first-order chi connectivity index (χ1) is 12.6. The number of dihydropyridines is 1. The monoisotopic (exact) mass is 384 g/mol. The van der Waals surface area contributed by atoms with Gasteiger partial charge in [-0.1, -0.05) is 12.1 Å². The van der Waals surface area contributed by atoms with Gasteiger partial charge in [0.2, 0.25) is 0 Å². The summed E-state index contributed by atoms with van der Waals surface area (Å²) in [4.78, 5) is 24.7. The molecule has 27 heavy (non-hydrogen) atoms. The maximum Gasteiger partial charge on any atom is 0.482 e. The van der Waals surface area contributed by atoms with E-state index < -0.39 is 24.2 Å². The fourth-order valence-electron chi connectivity index (χ4n) is 3.05. The fourth-order valence-corrected chi connectivity index (χ4v) is 3.05. The minimum Gasteiger partial charge on any atom is -0.466 e. The number of carbonyl (C=O) groups is 2. The Bertz CT molecular complexity index is 790. The summed E-state index contributed by atoms with van der Waals surface area (Å²) in [7, 11) is 2.37. The van der Waals surface area contributed by atoms with Crippen molar-refractivity contribution in [3.8, 4) is 0 Å². The lowest BCUT2D eigenvalue weighted by atomic mass is 9.80. The quantitative estimate of drug-likeness (QED) is 0.613. The van der Waals surface area contributed by atoms with Crippen molar-refractivity contribution in [2.45, 2.75) is 26.1 Å². The van der Waals surface area contributed by atoms with Crippen molar-refractivity contribution in [2.75, 3.05) is 19.5 Å². The first-order valence-corrected chi connectivity index (χ1v) is 7.89. The molecule has 1 aromatic carbocycles. The Morgan fingerprint density at radius 1 is 1.04 bits per heavy atom. The SMILES string of the molecule is COC(=O)C1=C(C)NC(C)=C(C(=O)OC)C1c1cccc(NC(F)(F)F)c1. The number of allylic oxidation sites excluding steroid dienone is 2. The molecule has 2 rings (SSSR count). The molecule has 0 saturated carbocycles. The molecule has 2 N–H and O–H groups in total. The third-order valence-corrected chi connectivity index (χ3v) is 4.08. The normalized spacial score (nSPS) is 15.4. The van der Waals surface area contributed by atoms with Gasteiger partial charge < -0.3 is 14.8 Å². The summed E-state index contributed by atoms with van der Waals surface area (Å²) < 4.78 is 47.6. The van der Waals surface area contributed by atoms with Gasteiger partial charge in [-0.15, -0.1) is 0 Å². The fraction of sp³-hybridized carbons (Fsp3) is 0.333. The molecule has 0 spiro atoms. The van der Waals surface area contributed by atoms with Crippen LogP contribution in [0.5, 0.6) is 0 Å². The number of esters is 2. The second-order valence-corrected chi connectivity index (χ2v) is 5.87. The van der Waals surface area contributed by atoms with E-state index in [4.69, 9.17) is 9.47 Å².